The molecule has 156 valence electrons. The normalized spacial score (nSPS) is 15.8. The molecule has 1 saturated heterocycles. The topological polar surface area (TPSA) is 66.9 Å². The Morgan fingerprint density at radius 2 is 1.69 bits per heavy atom. The average molecular weight is 417 g/mol. The average Bonchev–Trinajstić information content (AvgIpc) is 2.77. The van der Waals surface area contributed by atoms with Gasteiger partial charge in [-0.2, -0.15) is 4.31 Å². The van der Waals surface area contributed by atoms with Crippen LogP contribution in [0.1, 0.15) is 25.3 Å². The maximum Gasteiger partial charge on any atom is 0.246 e. The highest BCUT2D eigenvalue weighted by Crippen LogP contribution is 2.30. The number of carbonyl (C=O) groups is 1. The molecule has 0 spiro atoms. The maximum atomic E-state index is 13.0. The van der Waals surface area contributed by atoms with E-state index in [2.05, 4.69) is 0 Å². The summed E-state index contributed by atoms with van der Waals surface area (Å²) >= 11 is 0. The van der Waals surface area contributed by atoms with Crippen LogP contribution < -0.4 is 4.74 Å². The monoisotopic (exact) mass is 416 g/mol. The van der Waals surface area contributed by atoms with Crippen LogP contribution in [0.5, 0.6) is 5.75 Å². The molecule has 3 rings (SSSR count). The first-order valence-corrected chi connectivity index (χ1v) is 11.4. The molecule has 0 atom stereocenters. The van der Waals surface area contributed by atoms with Gasteiger partial charge < -0.3 is 9.64 Å². The molecule has 1 heterocycles. The van der Waals surface area contributed by atoms with Gasteiger partial charge in [-0.1, -0.05) is 42.5 Å². The Bertz CT molecular complexity index is 923. The molecule has 0 aliphatic carbocycles. The van der Waals surface area contributed by atoms with Gasteiger partial charge in [-0.3, -0.25) is 4.79 Å². The summed E-state index contributed by atoms with van der Waals surface area (Å²) in [6.07, 6.45) is 1.05. The largest absolute Gasteiger partial charge is 0.495 e. The Morgan fingerprint density at radius 1 is 1.07 bits per heavy atom. The Balaban J connectivity index is 1.65. The van der Waals surface area contributed by atoms with Crippen molar-refractivity contribution < 1.29 is 17.9 Å². The zero-order chi connectivity index (χ0) is 20.9. The summed E-state index contributed by atoms with van der Waals surface area (Å²) in [5.74, 6) is 0.291. The summed E-state index contributed by atoms with van der Waals surface area (Å²) in [4.78, 5) is 15.0. The maximum absolute atomic E-state index is 13.0. The third-order valence-electron chi connectivity index (χ3n) is 5.40. The van der Waals surface area contributed by atoms with E-state index < -0.39 is 10.0 Å². The lowest BCUT2D eigenvalue weighted by Gasteiger charge is -2.33. The second-order valence-electron chi connectivity index (χ2n) is 7.17. The number of benzene rings is 2. The van der Waals surface area contributed by atoms with Gasteiger partial charge in [0.2, 0.25) is 15.9 Å². The van der Waals surface area contributed by atoms with Crippen LogP contribution in [-0.2, 0) is 21.4 Å². The minimum Gasteiger partial charge on any atom is -0.495 e. The molecule has 1 fully saturated rings. The van der Waals surface area contributed by atoms with Gasteiger partial charge in [-0.15, -0.1) is 0 Å². The van der Waals surface area contributed by atoms with E-state index in [1.165, 1.54) is 11.4 Å². The first kappa shape index (κ1) is 21.3. The number of sulfonamides is 1. The van der Waals surface area contributed by atoms with Gasteiger partial charge >= 0.3 is 0 Å². The van der Waals surface area contributed by atoms with Crippen LogP contribution in [0.25, 0.3) is 0 Å². The van der Waals surface area contributed by atoms with Crippen LogP contribution in [0.15, 0.2) is 59.5 Å². The van der Waals surface area contributed by atoms with E-state index in [1.54, 1.807) is 24.3 Å². The highest BCUT2D eigenvalue weighted by molar-refractivity contribution is 7.89. The Hall–Kier alpha value is -2.38. The van der Waals surface area contributed by atoms with Crippen LogP contribution in [-0.4, -0.2) is 50.3 Å². The van der Waals surface area contributed by atoms with Crippen molar-refractivity contribution in [3.8, 4) is 5.75 Å². The fourth-order valence-corrected chi connectivity index (χ4v) is 5.35. The number of piperidine rings is 1. The standard InChI is InChI=1S/C22H28N2O4S/c1-3-23(17-18-9-5-4-6-10-18)22(25)19-13-15-24(16-14-19)29(26,27)21-12-8-7-11-20(21)28-2/h4-12,19H,3,13-17H2,1-2H3. The van der Waals surface area contributed by atoms with E-state index >= 15 is 0 Å². The second-order valence-corrected chi connectivity index (χ2v) is 9.07. The molecular formula is C22H28N2O4S. The Labute approximate surface area is 173 Å². The quantitative estimate of drug-likeness (QED) is 0.695. The third kappa shape index (κ3) is 4.79. The van der Waals surface area contributed by atoms with Crippen molar-refractivity contribution in [2.45, 2.75) is 31.2 Å². The number of methoxy groups -OCH3 is 1. The van der Waals surface area contributed by atoms with Gasteiger partial charge in [-0.25, -0.2) is 8.42 Å². The number of ether oxygens (including phenoxy) is 1. The summed E-state index contributed by atoms with van der Waals surface area (Å²) in [6.45, 7) is 3.85. The summed E-state index contributed by atoms with van der Waals surface area (Å²) in [5.41, 5.74) is 1.10. The van der Waals surface area contributed by atoms with E-state index in [-0.39, 0.29) is 16.7 Å². The zero-order valence-corrected chi connectivity index (χ0v) is 17.8. The number of hydrogen-bond acceptors (Lipinski definition) is 4. The van der Waals surface area contributed by atoms with Crippen molar-refractivity contribution in [3.63, 3.8) is 0 Å². The van der Waals surface area contributed by atoms with Crippen LogP contribution in [0.3, 0.4) is 0 Å². The molecule has 0 aromatic heterocycles. The Kier molecular flexibility index (Phi) is 6.92. The molecule has 0 saturated carbocycles. The molecule has 0 unspecified atom stereocenters. The van der Waals surface area contributed by atoms with E-state index in [1.807, 2.05) is 42.2 Å². The van der Waals surface area contributed by atoms with E-state index in [9.17, 15) is 13.2 Å². The summed E-state index contributed by atoms with van der Waals surface area (Å²) in [6, 6.07) is 16.6. The molecular weight excluding hydrogens is 388 g/mol. The minimum absolute atomic E-state index is 0.102. The molecule has 7 heteroatoms. The molecule has 1 aliphatic heterocycles. The fraction of sp³-hybridized carbons (Fsp3) is 0.409. The van der Waals surface area contributed by atoms with Crippen molar-refractivity contribution >= 4 is 15.9 Å². The molecule has 6 nitrogen and oxygen atoms in total. The van der Waals surface area contributed by atoms with Gasteiger partial charge in [0.25, 0.3) is 0 Å². The number of hydrogen-bond donors (Lipinski definition) is 0. The summed E-state index contributed by atoms with van der Waals surface area (Å²) < 4.78 is 32.7. The first-order chi connectivity index (χ1) is 14.0. The molecule has 1 aliphatic rings. The van der Waals surface area contributed by atoms with E-state index in [0.29, 0.717) is 44.8 Å². The molecule has 29 heavy (non-hydrogen) atoms. The molecule has 0 N–H and O–H groups in total. The van der Waals surface area contributed by atoms with Crippen LogP contribution in [0.4, 0.5) is 0 Å². The number of para-hydroxylation sites is 1. The van der Waals surface area contributed by atoms with Gasteiger partial charge in [0, 0.05) is 32.1 Å². The molecule has 2 aromatic carbocycles. The van der Waals surface area contributed by atoms with Crippen LogP contribution in [0.2, 0.25) is 0 Å². The third-order valence-corrected chi connectivity index (χ3v) is 7.34. The van der Waals surface area contributed by atoms with Crippen molar-refractivity contribution in [1.29, 1.82) is 0 Å². The van der Waals surface area contributed by atoms with Crippen molar-refractivity contribution in [2.24, 2.45) is 5.92 Å². The van der Waals surface area contributed by atoms with Crippen molar-refractivity contribution in [3.05, 3.63) is 60.2 Å². The zero-order valence-electron chi connectivity index (χ0n) is 17.0. The molecule has 0 radical (unpaired) electrons. The summed E-state index contributed by atoms with van der Waals surface area (Å²) in [7, 11) is -2.18. The lowest BCUT2D eigenvalue weighted by Crippen LogP contribution is -2.44. The van der Waals surface area contributed by atoms with E-state index in [0.717, 1.165) is 5.56 Å². The highest BCUT2D eigenvalue weighted by atomic mass is 32.2. The van der Waals surface area contributed by atoms with Crippen molar-refractivity contribution in [1.82, 2.24) is 9.21 Å². The Morgan fingerprint density at radius 3 is 2.31 bits per heavy atom. The first-order valence-electron chi connectivity index (χ1n) is 9.93. The number of nitrogens with zero attached hydrogens (tertiary/aromatic N) is 2. The molecule has 0 bridgehead atoms. The SMILES string of the molecule is CCN(Cc1ccccc1)C(=O)C1CCN(S(=O)(=O)c2ccccc2OC)CC1. The van der Waals surface area contributed by atoms with Crippen LogP contribution in [0, 0.1) is 5.92 Å². The van der Waals surface area contributed by atoms with Gasteiger partial charge in [0.05, 0.1) is 7.11 Å². The summed E-state index contributed by atoms with van der Waals surface area (Å²) in [5, 5.41) is 0. The lowest BCUT2D eigenvalue weighted by molar-refractivity contribution is -0.137. The van der Waals surface area contributed by atoms with Gasteiger partial charge in [0.1, 0.15) is 10.6 Å². The lowest BCUT2D eigenvalue weighted by atomic mass is 9.96. The minimum atomic E-state index is -3.64. The fourth-order valence-electron chi connectivity index (χ4n) is 3.72. The number of amides is 1. The highest BCUT2D eigenvalue weighted by Gasteiger charge is 2.34. The molecule has 1 amide bonds. The second kappa shape index (κ2) is 9.41. The predicted octanol–water partition coefficient (Wildman–Crippen LogP) is 3.14. The smallest absolute Gasteiger partial charge is 0.246 e. The predicted molar refractivity (Wildman–Crippen MR) is 112 cm³/mol. The van der Waals surface area contributed by atoms with E-state index in [4.69, 9.17) is 4.74 Å². The van der Waals surface area contributed by atoms with Gasteiger partial charge in [-0.05, 0) is 37.5 Å². The number of rotatable bonds is 7. The number of carbonyl (C=O) groups excluding carboxylic acids is 1. The van der Waals surface area contributed by atoms with Crippen molar-refractivity contribution in [2.75, 3.05) is 26.7 Å². The van der Waals surface area contributed by atoms with Gasteiger partial charge in [0.15, 0.2) is 0 Å². The molecule has 2 aromatic rings. The van der Waals surface area contributed by atoms with Crippen LogP contribution >= 0.6 is 0 Å².